The SMILES string of the molecule is COCCCCOc1cnc(-c2ccc(CF)cc2)nc1. The van der Waals surface area contributed by atoms with Crippen molar-refractivity contribution in [2.24, 2.45) is 0 Å². The Kier molecular flexibility index (Phi) is 6.09. The second-order valence-electron chi connectivity index (χ2n) is 4.62. The van der Waals surface area contributed by atoms with E-state index < -0.39 is 6.67 Å². The Hall–Kier alpha value is -2.01. The first-order valence-corrected chi connectivity index (χ1v) is 6.92. The molecular formula is C16H19FN2O2. The number of nitrogens with zero attached hydrogens (tertiary/aromatic N) is 2. The van der Waals surface area contributed by atoms with Gasteiger partial charge in [-0.3, -0.25) is 0 Å². The fourth-order valence-corrected chi connectivity index (χ4v) is 1.82. The molecule has 0 N–H and O–H groups in total. The zero-order valence-corrected chi connectivity index (χ0v) is 12.1. The normalized spacial score (nSPS) is 10.6. The van der Waals surface area contributed by atoms with Crippen molar-refractivity contribution in [2.75, 3.05) is 20.3 Å². The first kappa shape index (κ1) is 15.4. The van der Waals surface area contributed by atoms with Gasteiger partial charge in [-0.05, 0) is 18.4 Å². The van der Waals surface area contributed by atoms with E-state index in [0.717, 1.165) is 25.0 Å². The van der Waals surface area contributed by atoms with Crippen LogP contribution >= 0.6 is 0 Å². The number of hydrogen-bond acceptors (Lipinski definition) is 4. The summed E-state index contributed by atoms with van der Waals surface area (Å²) in [5.41, 5.74) is 1.51. The van der Waals surface area contributed by atoms with Gasteiger partial charge in [-0.2, -0.15) is 0 Å². The van der Waals surface area contributed by atoms with E-state index in [-0.39, 0.29) is 0 Å². The molecule has 1 heterocycles. The van der Waals surface area contributed by atoms with E-state index in [2.05, 4.69) is 9.97 Å². The average molecular weight is 290 g/mol. The summed E-state index contributed by atoms with van der Waals surface area (Å²) in [5.74, 6) is 1.25. The molecule has 0 aliphatic carbocycles. The van der Waals surface area contributed by atoms with Gasteiger partial charge in [0.25, 0.3) is 0 Å². The van der Waals surface area contributed by atoms with Crippen LogP contribution in [0.15, 0.2) is 36.7 Å². The van der Waals surface area contributed by atoms with Crippen LogP contribution in [0.1, 0.15) is 18.4 Å². The average Bonchev–Trinajstić information content (AvgIpc) is 2.55. The van der Waals surface area contributed by atoms with Crippen LogP contribution in [-0.2, 0) is 11.4 Å². The van der Waals surface area contributed by atoms with Gasteiger partial charge in [0.15, 0.2) is 11.6 Å². The van der Waals surface area contributed by atoms with Crippen molar-refractivity contribution in [3.63, 3.8) is 0 Å². The number of hydrogen-bond donors (Lipinski definition) is 0. The second-order valence-corrected chi connectivity index (χ2v) is 4.62. The topological polar surface area (TPSA) is 44.2 Å². The van der Waals surface area contributed by atoms with Gasteiger partial charge in [-0.15, -0.1) is 0 Å². The molecule has 4 nitrogen and oxygen atoms in total. The van der Waals surface area contributed by atoms with E-state index in [1.165, 1.54) is 0 Å². The molecule has 0 atom stereocenters. The third kappa shape index (κ3) is 4.79. The molecule has 0 radical (unpaired) electrons. The van der Waals surface area contributed by atoms with Gasteiger partial charge in [0.1, 0.15) is 6.67 Å². The summed E-state index contributed by atoms with van der Waals surface area (Å²) in [7, 11) is 1.69. The first-order valence-electron chi connectivity index (χ1n) is 6.92. The molecule has 112 valence electrons. The first-order chi connectivity index (χ1) is 10.3. The molecule has 0 spiro atoms. The Morgan fingerprint density at radius 2 is 1.67 bits per heavy atom. The molecule has 1 aromatic heterocycles. The van der Waals surface area contributed by atoms with Crippen molar-refractivity contribution in [1.82, 2.24) is 9.97 Å². The molecule has 0 aliphatic rings. The van der Waals surface area contributed by atoms with E-state index in [4.69, 9.17) is 9.47 Å². The largest absolute Gasteiger partial charge is 0.490 e. The van der Waals surface area contributed by atoms with Crippen molar-refractivity contribution < 1.29 is 13.9 Å². The van der Waals surface area contributed by atoms with Gasteiger partial charge in [0.2, 0.25) is 0 Å². The van der Waals surface area contributed by atoms with Crippen molar-refractivity contribution in [3.05, 3.63) is 42.2 Å². The Bertz CT molecular complexity index is 529. The van der Waals surface area contributed by atoms with E-state index in [9.17, 15) is 4.39 Å². The molecule has 2 aromatic rings. The van der Waals surface area contributed by atoms with Gasteiger partial charge in [0, 0.05) is 19.3 Å². The van der Waals surface area contributed by atoms with Crippen molar-refractivity contribution in [2.45, 2.75) is 19.5 Å². The molecule has 2 rings (SSSR count). The highest BCUT2D eigenvalue weighted by molar-refractivity contribution is 5.55. The summed E-state index contributed by atoms with van der Waals surface area (Å²) in [6.45, 7) is 0.905. The lowest BCUT2D eigenvalue weighted by Crippen LogP contribution is -2.00. The summed E-state index contributed by atoms with van der Waals surface area (Å²) in [6, 6.07) is 7.10. The highest BCUT2D eigenvalue weighted by atomic mass is 19.1. The second kappa shape index (κ2) is 8.32. The summed E-state index contributed by atoms with van der Waals surface area (Å²) in [4.78, 5) is 8.53. The van der Waals surface area contributed by atoms with Crippen molar-refractivity contribution in [1.29, 1.82) is 0 Å². The maximum absolute atomic E-state index is 12.5. The molecule has 0 bridgehead atoms. The minimum absolute atomic E-state index is 0.461. The van der Waals surface area contributed by atoms with Gasteiger partial charge in [-0.25, -0.2) is 14.4 Å². The smallest absolute Gasteiger partial charge is 0.159 e. The zero-order valence-electron chi connectivity index (χ0n) is 12.1. The fraction of sp³-hybridized carbons (Fsp3) is 0.375. The van der Waals surface area contributed by atoms with Gasteiger partial charge >= 0.3 is 0 Å². The molecule has 0 fully saturated rings. The van der Waals surface area contributed by atoms with Crippen LogP contribution in [0.2, 0.25) is 0 Å². The van der Waals surface area contributed by atoms with E-state index in [1.54, 1.807) is 31.6 Å². The lowest BCUT2D eigenvalue weighted by molar-refractivity contribution is 0.184. The lowest BCUT2D eigenvalue weighted by atomic mass is 10.1. The highest BCUT2D eigenvalue weighted by Gasteiger charge is 2.02. The third-order valence-corrected chi connectivity index (χ3v) is 3.01. The minimum atomic E-state index is -0.461. The van der Waals surface area contributed by atoms with Gasteiger partial charge < -0.3 is 9.47 Å². The molecule has 0 aliphatic heterocycles. The van der Waals surface area contributed by atoms with Crippen LogP contribution < -0.4 is 4.74 Å². The molecule has 0 unspecified atom stereocenters. The number of halogens is 1. The Morgan fingerprint density at radius 1 is 1.00 bits per heavy atom. The fourth-order valence-electron chi connectivity index (χ4n) is 1.82. The number of rotatable bonds is 8. The molecular weight excluding hydrogens is 271 g/mol. The van der Waals surface area contributed by atoms with Crippen LogP contribution in [0.5, 0.6) is 5.75 Å². The lowest BCUT2D eigenvalue weighted by Gasteiger charge is -2.06. The number of unbranched alkanes of at least 4 members (excludes halogenated alkanes) is 1. The monoisotopic (exact) mass is 290 g/mol. The predicted octanol–water partition coefficient (Wildman–Crippen LogP) is 3.42. The quantitative estimate of drug-likeness (QED) is 0.699. The standard InChI is InChI=1S/C16H19FN2O2/c1-20-8-2-3-9-21-15-11-18-16(19-12-15)14-6-4-13(10-17)5-7-14/h4-7,11-12H,2-3,8-10H2,1H3. The van der Waals surface area contributed by atoms with Crippen LogP contribution in [-0.4, -0.2) is 30.3 Å². The maximum Gasteiger partial charge on any atom is 0.159 e. The number of ether oxygens (including phenoxy) is 2. The summed E-state index contributed by atoms with van der Waals surface area (Å²) in [6.07, 6.45) is 5.21. The van der Waals surface area contributed by atoms with Crippen LogP contribution in [0.25, 0.3) is 11.4 Å². The van der Waals surface area contributed by atoms with Crippen molar-refractivity contribution >= 4 is 0 Å². The van der Waals surface area contributed by atoms with E-state index in [1.807, 2.05) is 12.1 Å². The van der Waals surface area contributed by atoms with Crippen LogP contribution in [0.4, 0.5) is 4.39 Å². The summed E-state index contributed by atoms with van der Waals surface area (Å²) in [5, 5.41) is 0. The molecule has 0 saturated carbocycles. The molecule has 1 aromatic carbocycles. The van der Waals surface area contributed by atoms with Crippen LogP contribution in [0.3, 0.4) is 0 Å². The number of benzene rings is 1. The third-order valence-electron chi connectivity index (χ3n) is 3.01. The van der Waals surface area contributed by atoms with Gasteiger partial charge in [-0.1, -0.05) is 24.3 Å². The zero-order chi connectivity index (χ0) is 14.9. The number of aromatic nitrogens is 2. The predicted molar refractivity (Wildman–Crippen MR) is 78.9 cm³/mol. The molecule has 0 amide bonds. The Morgan fingerprint density at radius 3 is 2.29 bits per heavy atom. The van der Waals surface area contributed by atoms with E-state index in [0.29, 0.717) is 23.7 Å². The number of alkyl halides is 1. The van der Waals surface area contributed by atoms with Gasteiger partial charge in [0.05, 0.1) is 19.0 Å². The molecule has 5 heteroatoms. The summed E-state index contributed by atoms with van der Waals surface area (Å²) >= 11 is 0. The minimum Gasteiger partial charge on any atom is -0.490 e. The van der Waals surface area contributed by atoms with E-state index >= 15 is 0 Å². The Labute approximate surface area is 124 Å². The number of methoxy groups -OCH3 is 1. The highest BCUT2D eigenvalue weighted by Crippen LogP contribution is 2.17. The maximum atomic E-state index is 12.5. The van der Waals surface area contributed by atoms with Crippen LogP contribution in [0, 0.1) is 0 Å². The summed E-state index contributed by atoms with van der Waals surface area (Å²) < 4.78 is 23.0. The van der Waals surface area contributed by atoms with Crippen molar-refractivity contribution in [3.8, 4) is 17.1 Å². The Balaban J connectivity index is 1.88. The molecule has 0 saturated heterocycles. The molecule has 21 heavy (non-hydrogen) atoms.